The van der Waals surface area contributed by atoms with Crippen LogP contribution in [0.5, 0.6) is 0 Å². The van der Waals surface area contributed by atoms with E-state index in [2.05, 4.69) is 19.2 Å². The smallest absolute Gasteiger partial charge is 0.0830 e. The van der Waals surface area contributed by atoms with E-state index in [4.69, 9.17) is 9.47 Å². The highest BCUT2D eigenvalue weighted by Crippen LogP contribution is 2.28. The molecule has 2 atom stereocenters. The molecule has 0 aromatic carbocycles. The molecule has 3 heteroatoms. The molecule has 0 aliphatic carbocycles. The van der Waals surface area contributed by atoms with Crippen molar-refractivity contribution in [3.05, 3.63) is 0 Å². The van der Waals surface area contributed by atoms with E-state index in [9.17, 15) is 0 Å². The zero-order valence-electron chi connectivity index (χ0n) is 9.64. The van der Waals surface area contributed by atoms with Crippen LogP contribution in [-0.2, 0) is 9.47 Å². The molecule has 1 aliphatic heterocycles. The number of likely N-dealkylation sites (N-methyl/N-ethyl adjacent to an activating group) is 1. The summed E-state index contributed by atoms with van der Waals surface area (Å²) in [6.07, 6.45) is 2.31. The molecule has 1 rings (SSSR count). The van der Waals surface area contributed by atoms with E-state index >= 15 is 0 Å². The predicted octanol–water partition coefficient (Wildman–Crippen LogP) is 1.57. The molecule has 0 aromatic heterocycles. The molecule has 1 N–H and O–H groups in total. The lowest BCUT2D eigenvalue weighted by Crippen LogP contribution is -2.51. The molecule has 0 saturated carbocycles. The van der Waals surface area contributed by atoms with Gasteiger partial charge in [-0.1, -0.05) is 6.92 Å². The third kappa shape index (κ3) is 2.94. The van der Waals surface area contributed by atoms with Gasteiger partial charge in [0.05, 0.1) is 18.2 Å². The molecular formula is C11H23NO2. The third-order valence-electron chi connectivity index (χ3n) is 2.93. The van der Waals surface area contributed by atoms with Crippen molar-refractivity contribution in [2.45, 2.75) is 45.3 Å². The van der Waals surface area contributed by atoms with E-state index < -0.39 is 0 Å². The van der Waals surface area contributed by atoms with Gasteiger partial charge in [0, 0.05) is 13.2 Å². The molecule has 0 bridgehead atoms. The van der Waals surface area contributed by atoms with Gasteiger partial charge in [0.1, 0.15) is 0 Å². The van der Waals surface area contributed by atoms with E-state index in [0.717, 1.165) is 32.8 Å². The summed E-state index contributed by atoms with van der Waals surface area (Å²) < 4.78 is 11.3. The molecule has 3 nitrogen and oxygen atoms in total. The Bertz CT molecular complexity index is 155. The lowest BCUT2D eigenvalue weighted by molar-refractivity contribution is -0.0375. The van der Waals surface area contributed by atoms with Crippen LogP contribution in [-0.4, -0.2) is 38.0 Å². The summed E-state index contributed by atoms with van der Waals surface area (Å²) in [5.41, 5.74) is -0.0226. The van der Waals surface area contributed by atoms with Crippen LogP contribution in [0.15, 0.2) is 0 Å². The Morgan fingerprint density at radius 3 is 2.79 bits per heavy atom. The minimum absolute atomic E-state index is 0.0226. The molecule has 1 heterocycles. The first-order chi connectivity index (χ1) is 6.73. The molecule has 0 amide bonds. The van der Waals surface area contributed by atoms with Gasteiger partial charge in [-0.3, -0.25) is 0 Å². The van der Waals surface area contributed by atoms with Gasteiger partial charge in [0.2, 0.25) is 0 Å². The number of nitrogens with one attached hydrogen (secondary N) is 1. The minimum atomic E-state index is -0.0226. The summed E-state index contributed by atoms with van der Waals surface area (Å²) in [5.74, 6) is 0. The fraction of sp³-hybridized carbons (Fsp3) is 1.00. The maximum atomic E-state index is 5.81. The second-order valence-electron chi connectivity index (χ2n) is 4.03. The first kappa shape index (κ1) is 12.0. The van der Waals surface area contributed by atoms with Crippen molar-refractivity contribution >= 4 is 0 Å². The number of hydrogen-bond acceptors (Lipinski definition) is 3. The number of ether oxygens (including phenoxy) is 2. The summed E-state index contributed by atoms with van der Waals surface area (Å²) in [7, 11) is 0. The van der Waals surface area contributed by atoms with Crippen molar-refractivity contribution in [1.82, 2.24) is 5.32 Å². The molecule has 2 unspecified atom stereocenters. The van der Waals surface area contributed by atoms with Crippen molar-refractivity contribution in [2.75, 3.05) is 26.4 Å². The zero-order chi connectivity index (χ0) is 10.4. The molecule has 14 heavy (non-hydrogen) atoms. The second-order valence-corrected chi connectivity index (χ2v) is 4.03. The highest BCUT2D eigenvalue weighted by atomic mass is 16.5. The van der Waals surface area contributed by atoms with Crippen LogP contribution in [0.1, 0.15) is 33.6 Å². The summed E-state index contributed by atoms with van der Waals surface area (Å²) in [4.78, 5) is 0. The van der Waals surface area contributed by atoms with Crippen molar-refractivity contribution in [1.29, 1.82) is 0 Å². The molecule has 1 fully saturated rings. The lowest BCUT2D eigenvalue weighted by Gasteiger charge is -2.33. The standard InChI is InChI=1S/C11H23NO2/c1-4-12-10(9-13-5-2)11(3)7-6-8-14-11/h10,12H,4-9H2,1-3H3. The molecule has 0 spiro atoms. The Hall–Kier alpha value is -0.120. The quantitative estimate of drug-likeness (QED) is 0.707. The van der Waals surface area contributed by atoms with Crippen molar-refractivity contribution < 1.29 is 9.47 Å². The van der Waals surface area contributed by atoms with E-state index in [0.29, 0.717) is 6.04 Å². The lowest BCUT2D eigenvalue weighted by atomic mass is 9.93. The van der Waals surface area contributed by atoms with Gasteiger partial charge in [-0.25, -0.2) is 0 Å². The molecule has 1 aliphatic rings. The van der Waals surface area contributed by atoms with Crippen molar-refractivity contribution in [3.8, 4) is 0 Å². The highest BCUT2D eigenvalue weighted by Gasteiger charge is 2.37. The van der Waals surface area contributed by atoms with Gasteiger partial charge in [0.15, 0.2) is 0 Å². The van der Waals surface area contributed by atoms with Crippen molar-refractivity contribution in [3.63, 3.8) is 0 Å². The number of rotatable bonds is 6. The largest absolute Gasteiger partial charge is 0.380 e. The van der Waals surface area contributed by atoms with Crippen LogP contribution in [0.3, 0.4) is 0 Å². The van der Waals surface area contributed by atoms with Gasteiger partial charge in [-0.2, -0.15) is 0 Å². The first-order valence-corrected chi connectivity index (χ1v) is 5.68. The Balaban J connectivity index is 2.46. The Labute approximate surface area is 87.2 Å². The van der Waals surface area contributed by atoms with Crippen LogP contribution < -0.4 is 5.32 Å². The Morgan fingerprint density at radius 2 is 2.29 bits per heavy atom. The average molecular weight is 201 g/mol. The predicted molar refractivity (Wildman–Crippen MR) is 57.5 cm³/mol. The number of hydrogen-bond donors (Lipinski definition) is 1. The first-order valence-electron chi connectivity index (χ1n) is 5.68. The molecular weight excluding hydrogens is 178 g/mol. The van der Waals surface area contributed by atoms with Crippen LogP contribution in [0, 0.1) is 0 Å². The van der Waals surface area contributed by atoms with Gasteiger partial charge in [0.25, 0.3) is 0 Å². The Morgan fingerprint density at radius 1 is 1.50 bits per heavy atom. The van der Waals surface area contributed by atoms with Crippen LogP contribution in [0.4, 0.5) is 0 Å². The van der Waals surface area contributed by atoms with Gasteiger partial charge >= 0.3 is 0 Å². The summed E-state index contributed by atoms with van der Waals surface area (Å²) in [5, 5.41) is 3.45. The minimum Gasteiger partial charge on any atom is -0.380 e. The average Bonchev–Trinajstić information content (AvgIpc) is 2.60. The van der Waals surface area contributed by atoms with Crippen LogP contribution >= 0.6 is 0 Å². The van der Waals surface area contributed by atoms with Gasteiger partial charge in [-0.05, 0) is 33.2 Å². The monoisotopic (exact) mass is 201 g/mol. The van der Waals surface area contributed by atoms with Crippen molar-refractivity contribution in [2.24, 2.45) is 0 Å². The summed E-state index contributed by atoms with van der Waals surface area (Å²) >= 11 is 0. The highest BCUT2D eigenvalue weighted by molar-refractivity contribution is 4.92. The molecule has 1 saturated heterocycles. The van der Waals surface area contributed by atoms with Crippen LogP contribution in [0.2, 0.25) is 0 Å². The molecule has 0 aromatic rings. The van der Waals surface area contributed by atoms with E-state index in [1.165, 1.54) is 6.42 Å². The van der Waals surface area contributed by atoms with E-state index in [-0.39, 0.29) is 5.60 Å². The fourth-order valence-corrected chi connectivity index (χ4v) is 2.01. The van der Waals surface area contributed by atoms with Gasteiger partial charge < -0.3 is 14.8 Å². The SMILES string of the molecule is CCNC(COCC)C1(C)CCCO1. The molecule has 0 radical (unpaired) electrons. The molecule has 84 valence electrons. The van der Waals surface area contributed by atoms with Crippen LogP contribution in [0.25, 0.3) is 0 Å². The zero-order valence-corrected chi connectivity index (χ0v) is 9.64. The maximum absolute atomic E-state index is 5.81. The third-order valence-corrected chi connectivity index (χ3v) is 2.93. The summed E-state index contributed by atoms with van der Waals surface area (Å²) in [6.45, 7) is 9.73. The second kappa shape index (κ2) is 5.69. The fourth-order valence-electron chi connectivity index (χ4n) is 2.01. The topological polar surface area (TPSA) is 30.5 Å². The Kier molecular flexibility index (Phi) is 4.85. The van der Waals surface area contributed by atoms with E-state index in [1.54, 1.807) is 0 Å². The maximum Gasteiger partial charge on any atom is 0.0830 e. The van der Waals surface area contributed by atoms with Gasteiger partial charge in [-0.15, -0.1) is 0 Å². The normalized spacial score (nSPS) is 29.4. The summed E-state index contributed by atoms with van der Waals surface area (Å²) in [6, 6.07) is 0.329. The van der Waals surface area contributed by atoms with E-state index in [1.807, 2.05) is 6.92 Å².